The van der Waals surface area contributed by atoms with E-state index in [1.165, 1.54) is 6.07 Å². The van der Waals surface area contributed by atoms with Gasteiger partial charge in [0, 0.05) is 18.1 Å². The maximum Gasteiger partial charge on any atom is 0.272 e. The van der Waals surface area contributed by atoms with Crippen LogP contribution in [0.25, 0.3) is 0 Å². The number of hydrogen-bond donors (Lipinski definition) is 0. The van der Waals surface area contributed by atoms with Crippen LogP contribution in [-0.4, -0.2) is 4.92 Å². The van der Waals surface area contributed by atoms with E-state index in [-0.39, 0.29) is 10.6 Å². The van der Waals surface area contributed by atoms with Gasteiger partial charge in [-0.2, -0.15) is 5.26 Å². The highest BCUT2D eigenvalue weighted by molar-refractivity contribution is 5.43. The van der Waals surface area contributed by atoms with Crippen molar-refractivity contribution in [3.8, 4) is 6.07 Å². The monoisotopic (exact) mass is 252 g/mol. The van der Waals surface area contributed by atoms with Gasteiger partial charge in [-0.05, 0) is 11.1 Å². The summed E-state index contributed by atoms with van der Waals surface area (Å²) in [6, 6.07) is 16.4. The average molecular weight is 252 g/mol. The van der Waals surface area contributed by atoms with Crippen LogP contribution < -0.4 is 0 Å². The second-order valence-electron chi connectivity index (χ2n) is 4.21. The van der Waals surface area contributed by atoms with Crippen molar-refractivity contribution in [3.63, 3.8) is 0 Å². The highest BCUT2D eigenvalue weighted by Gasteiger charge is 2.12. The fourth-order valence-electron chi connectivity index (χ4n) is 1.92. The summed E-state index contributed by atoms with van der Waals surface area (Å²) in [5.41, 5.74) is 2.79. The van der Waals surface area contributed by atoms with E-state index in [0.717, 1.165) is 11.1 Å². The van der Waals surface area contributed by atoms with E-state index in [0.29, 0.717) is 18.4 Å². The molecule has 0 saturated carbocycles. The molecule has 0 aliphatic heterocycles. The van der Waals surface area contributed by atoms with Gasteiger partial charge in [0.05, 0.1) is 17.4 Å². The lowest BCUT2D eigenvalue weighted by atomic mass is 10.0. The average Bonchev–Trinajstić information content (AvgIpc) is 2.42. The topological polar surface area (TPSA) is 66.9 Å². The highest BCUT2D eigenvalue weighted by atomic mass is 16.6. The van der Waals surface area contributed by atoms with Gasteiger partial charge in [0.1, 0.15) is 0 Å². The second-order valence-corrected chi connectivity index (χ2v) is 4.21. The van der Waals surface area contributed by atoms with Crippen molar-refractivity contribution in [1.82, 2.24) is 0 Å². The van der Waals surface area contributed by atoms with Gasteiger partial charge in [-0.15, -0.1) is 0 Å². The van der Waals surface area contributed by atoms with Gasteiger partial charge in [0.25, 0.3) is 5.69 Å². The first-order valence-electron chi connectivity index (χ1n) is 5.88. The minimum absolute atomic E-state index is 0.142. The third-order valence-corrected chi connectivity index (χ3v) is 2.89. The fraction of sp³-hybridized carbons (Fsp3) is 0.133. The van der Waals surface area contributed by atoms with Gasteiger partial charge in [0.2, 0.25) is 0 Å². The molecule has 0 heterocycles. The molecule has 2 aromatic carbocycles. The summed E-state index contributed by atoms with van der Waals surface area (Å²) in [6.45, 7) is 0. The van der Waals surface area contributed by atoms with Crippen molar-refractivity contribution in [1.29, 1.82) is 5.26 Å². The number of hydrogen-bond acceptors (Lipinski definition) is 3. The maximum absolute atomic E-state index is 10.9. The summed E-state index contributed by atoms with van der Waals surface area (Å²) in [4.78, 5) is 10.6. The minimum atomic E-state index is -0.362. The maximum atomic E-state index is 10.9. The molecule has 19 heavy (non-hydrogen) atoms. The Hall–Kier alpha value is -2.67. The summed E-state index contributed by atoms with van der Waals surface area (Å²) < 4.78 is 0. The molecule has 0 spiro atoms. The summed E-state index contributed by atoms with van der Waals surface area (Å²) in [5.74, 6) is 0. The Kier molecular flexibility index (Phi) is 3.89. The third kappa shape index (κ3) is 3.17. The number of nitro benzene ring substituents is 1. The standard InChI is InChI=1S/C15H12N2O2/c16-10-9-12-5-7-13(8-6-12)11-14-3-1-2-4-15(14)17(18)19/h1-8H,9,11H2. The number of benzene rings is 2. The van der Waals surface area contributed by atoms with Crippen LogP contribution in [-0.2, 0) is 12.8 Å². The normalized spacial score (nSPS) is 9.84. The summed E-state index contributed by atoms with van der Waals surface area (Å²) in [5, 5.41) is 19.5. The highest BCUT2D eigenvalue weighted by Crippen LogP contribution is 2.21. The lowest BCUT2D eigenvalue weighted by Crippen LogP contribution is -1.96. The molecule has 0 aliphatic carbocycles. The molecule has 0 saturated heterocycles. The number of nitriles is 1. The predicted molar refractivity (Wildman–Crippen MR) is 71.7 cm³/mol. The SMILES string of the molecule is N#CCc1ccc(Cc2ccccc2[N+](=O)[O-])cc1. The molecule has 0 radical (unpaired) electrons. The van der Waals surface area contributed by atoms with Crippen molar-refractivity contribution >= 4 is 5.69 Å². The second kappa shape index (κ2) is 5.78. The zero-order chi connectivity index (χ0) is 13.7. The summed E-state index contributed by atoms with van der Waals surface area (Å²) in [7, 11) is 0. The lowest BCUT2D eigenvalue weighted by Gasteiger charge is -2.04. The zero-order valence-corrected chi connectivity index (χ0v) is 10.2. The summed E-state index contributed by atoms with van der Waals surface area (Å²) >= 11 is 0. The smallest absolute Gasteiger partial charge is 0.258 e. The molecule has 94 valence electrons. The van der Waals surface area contributed by atoms with Crippen LogP contribution in [0.5, 0.6) is 0 Å². The van der Waals surface area contributed by atoms with Crippen molar-refractivity contribution in [2.45, 2.75) is 12.8 Å². The Balaban J connectivity index is 2.22. The molecule has 2 rings (SSSR count). The number of nitro groups is 1. The Morgan fingerprint density at radius 3 is 2.32 bits per heavy atom. The van der Waals surface area contributed by atoms with E-state index in [4.69, 9.17) is 5.26 Å². The van der Waals surface area contributed by atoms with Gasteiger partial charge in [-0.1, -0.05) is 42.5 Å². The number of para-hydroxylation sites is 1. The predicted octanol–water partition coefficient (Wildman–Crippen LogP) is 3.25. The third-order valence-electron chi connectivity index (χ3n) is 2.89. The first-order chi connectivity index (χ1) is 9.20. The first-order valence-corrected chi connectivity index (χ1v) is 5.88. The van der Waals surface area contributed by atoms with Gasteiger partial charge < -0.3 is 0 Å². The van der Waals surface area contributed by atoms with Gasteiger partial charge in [-0.25, -0.2) is 0 Å². The molecule has 4 nitrogen and oxygen atoms in total. The van der Waals surface area contributed by atoms with E-state index < -0.39 is 0 Å². The van der Waals surface area contributed by atoms with Crippen molar-refractivity contribution in [2.75, 3.05) is 0 Å². The van der Waals surface area contributed by atoms with Crippen molar-refractivity contribution in [3.05, 3.63) is 75.3 Å². The van der Waals surface area contributed by atoms with Crippen LogP contribution >= 0.6 is 0 Å². The van der Waals surface area contributed by atoms with Gasteiger partial charge >= 0.3 is 0 Å². The quantitative estimate of drug-likeness (QED) is 0.619. The molecule has 4 heteroatoms. The minimum Gasteiger partial charge on any atom is -0.258 e. The van der Waals surface area contributed by atoms with Crippen LogP contribution in [0, 0.1) is 21.4 Å². The van der Waals surface area contributed by atoms with E-state index in [9.17, 15) is 10.1 Å². The molecular weight excluding hydrogens is 240 g/mol. The van der Waals surface area contributed by atoms with E-state index in [1.54, 1.807) is 18.2 Å². The molecule has 0 bridgehead atoms. The van der Waals surface area contributed by atoms with Gasteiger partial charge in [0.15, 0.2) is 0 Å². The molecule has 0 N–H and O–H groups in total. The Morgan fingerprint density at radius 2 is 1.68 bits per heavy atom. The number of rotatable bonds is 4. The fourth-order valence-corrected chi connectivity index (χ4v) is 1.92. The van der Waals surface area contributed by atoms with Crippen molar-refractivity contribution < 1.29 is 4.92 Å². The van der Waals surface area contributed by atoms with E-state index >= 15 is 0 Å². The van der Waals surface area contributed by atoms with Gasteiger partial charge in [-0.3, -0.25) is 10.1 Å². The molecule has 0 amide bonds. The first kappa shape index (κ1) is 12.8. The van der Waals surface area contributed by atoms with Crippen LogP contribution in [0.1, 0.15) is 16.7 Å². The molecule has 0 unspecified atom stereocenters. The molecular formula is C15H12N2O2. The number of nitrogens with zero attached hydrogens (tertiary/aromatic N) is 2. The van der Waals surface area contributed by atoms with E-state index in [1.807, 2.05) is 24.3 Å². The largest absolute Gasteiger partial charge is 0.272 e. The molecule has 0 atom stereocenters. The van der Waals surface area contributed by atoms with E-state index in [2.05, 4.69) is 6.07 Å². The Bertz CT molecular complexity index is 627. The van der Waals surface area contributed by atoms with Crippen LogP contribution in [0.2, 0.25) is 0 Å². The zero-order valence-electron chi connectivity index (χ0n) is 10.2. The summed E-state index contributed by atoms with van der Waals surface area (Å²) in [6.07, 6.45) is 0.899. The molecule has 2 aromatic rings. The molecule has 0 aliphatic rings. The lowest BCUT2D eigenvalue weighted by molar-refractivity contribution is -0.385. The molecule has 0 fully saturated rings. The Labute approximate surface area is 111 Å². The van der Waals surface area contributed by atoms with Crippen LogP contribution in [0.4, 0.5) is 5.69 Å². The van der Waals surface area contributed by atoms with Crippen molar-refractivity contribution in [2.24, 2.45) is 0 Å². The Morgan fingerprint density at radius 1 is 1.05 bits per heavy atom. The van der Waals surface area contributed by atoms with Crippen LogP contribution in [0.15, 0.2) is 48.5 Å². The molecule has 0 aromatic heterocycles. The van der Waals surface area contributed by atoms with Crippen LogP contribution in [0.3, 0.4) is 0 Å².